The summed E-state index contributed by atoms with van der Waals surface area (Å²) >= 11 is 0. The molecule has 2 aromatic rings. The van der Waals surface area contributed by atoms with Gasteiger partial charge in [-0.2, -0.15) is 4.72 Å². The number of methoxy groups -OCH3 is 1. The molecule has 1 heterocycles. The smallest absolute Gasteiger partial charge is 0.241 e. The molecule has 7 nitrogen and oxygen atoms in total. The third-order valence-electron chi connectivity index (χ3n) is 4.10. The van der Waals surface area contributed by atoms with Crippen molar-refractivity contribution in [1.82, 2.24) is 15.0 Å². The van der Waals surface area contributed by atoms with E-state index in [-0.39, 0.29) is 23.3 Å². The minimum atomic E-state index is -3.86. The quantitative estimate of drug-likeness (QED) is 0.717. The Labute approximate surface area is 160 Å². The molecule has 0 saturated heterocycles. The molecule has 27 heavy (non-hydrogen) atoms. The Morgan fingerprint density at radius 1 is 1.26 bits per heavy atom. The number of pyridine rings is 1. The fraction of sp³-hybridized carbons (Fsp3) is 0.368. The van der Waals surface area contributed by atoms with Crippen molar-refractivity contribution in [3.05, 3.63) is 53.9 Å². The number of amides is 1. The Hall–Kier alpha value is -2.45. The molecule has 146 valence electrons. The van der Waals surface area contributed by atoms with Crippen LogP contribution in [0.5, 0.6) is 5.75 Å². The lowest BCUT2D eigenvalue weighted by molar-refractivity contribution is -0.123. The van der Waals surface area contributed by atoms with Crippen LogP contribution in [0.1, 0.15) is 25.0 Å². The molecule has 0 bridgehead atoms. The standard InChI is InChI=1S/C19H25N3O4S/c1-13(2)18(19(23)21-12-15-6-5-9-20-11-15)22-27(24,25)16-7-8-17(26-4)14(3)10-16/h5-11,13,18,22H,12H2,1-4H3,(H,21,23)/t18-/m0/s1. The van der Waals surface area contributed by atoms with Gasteiger partial charge in [-0.05, 0) is 48.2 Å². The Balaban J connectivity index is 2.14. The summed E-state index contributed by atoms with van der Waals surface area (Å²) in [4.78, 5) is 16.6. The average molecular weight is 391 g/mol. The van der Waals surface area contributed by atoms with Crippen LogP contribution in [0.4, 0.5) is 0 Å². The second-order valence-corrected chi connectivity index (χ2v) is 8.27. The second kappa shape index (κ2) is 8.96. The minimum absolute atomic E-state index is 0.0894. The summed E-state index contributed by atoms with van der Waals surface area (Å²) in [5, 5.41) is 2.76. The third kappa shape index (κ3) is 5.51. The Morgan fingerprint density at radius 3 is 2.56 bits per heavy atom. The number of nitrogens with one attached hydrogen (secondary N) is 2. The summed E-state index contributed by atoms with van der Waals surface area (Å²) in [6.07, 6.45) is 3.29. The Kier molecular flexibility index (Phi) is 6.92. The number of hydrogen-bond donors (Lipinski definition) is 2. The van der Waals surface area contributed by atoms with Gasteiger partial charge in [-0.25, -0.2) is 8.42 Å². The van der Waals surface area contributed by atoms with Gasteiger partial charge < -0.3 is 10.1 Å². The highest BCUT2D eigenvalue weighted by Crippen LogP contribution is 2.22. The first-order valence-corrected chi connectivity index (χ1v) is 10.1. The number of sulfonamides is 1. The van der Waals surface area contributed by atoms with Crippen LogP contribution < -0.4 is 14.8 Å². The van der Waals surface area contributed by atoms with Crippen LogP contribution in [0.15, 0.2) is 47.6 Å². The van der Waals surface area contributed by atoms with Crippen molar-refractivity contribution in [1.29, 1.82) is 0 Å². The zero-order valence-electron chi connectivity index (χ0n) is 15.9. The lowest BCUT2D eigenvalue weighted by Crippen LogP contribution is -2.49. The molecular formula is C19H25N3O4S. The molecule has 8 heteroatoms. The van der Waals surface area contributed by atoms with Crippen molar-refractivity contribution >= 4 is 15.9 Å². The van der Waals surface area contributed by atoms with Crippen LogP contribution in [-0.2, 0) is 21.4 Å². The highest BCUT2D eigenvalue weighted by atomic mass is 32.2. The van der Waals surface area contributed by atoms with Gasteiger partial charge in [0, 0.05) is 18.9 Å². The lowest BCUT2D eigenvalue weighted by atomic mass is 10.0. The topological polar surface area (TPSA) is 97.4 Å². The molecule has 2 N–H and O–H groups in total. The van der Waals surface area contributed by atoms with Crippen molar-refractivity contribution in [3.8, 4) is 5.75 Å². The van der Waals surface area contributed by atoms with E-state index in [1.54, 1.807) is 45.3 Å². The number of carbonyl (C=O) groups is 1. The van der Waals surface area contributed by atoms with Gasteiger partial charge in [0.2, 0.25) is 15.9 Å². The van der Waals surface area contributed by atoms with E-state index < -0.39 is 16.1 Å². The summed E-state index contributed by atoms with van der Waals surface area (Å²) in [6, 6.07) is 7.29. The van der Waals surface area contributed by atoms with Crippen LogP contribution in [-0.4, -0.2) is 32.5 Å². The van der Waals surface area contributed by atoms with Gasteiger partial charge in [0.05, 0.1) is 12.0 Å². The molecule has 1 amide bonds. The van der Waals surface area contributed by atoms with Crippen molar-refractivity contribution in [3.63, 3.8) is 0 Å². The molecule has 0 saturated carbocycles. The van der Waals surface area contributed by atoms with Crippen LogP contribution in [0.2, 0.25) is 0 Å². The highest BCUT2D eigenvalue weighted by Gasteiger charge is 2.28. The number of carbonyl (C=O) groups excluding carboxylic acids is 1. The van der Waals surface area contributed by atoms with E-state index in [0.717, 1.165) is 5.56 Å². The number of hydrogen-bond acceptors (Lipinski definition) is 5. The number of ether oxygens (including phenoxy) is 1. The molecule has 0 aliphatic heterocycles. The van der Waals surface area contributed by atoms with E-state index in [1.807, 2.05) is 6.07 Å². The molecular weight excluding hydrogens is 366 g/mol. The second-order valence-electron chi connectivity index (χ2n) is 6.55. The molecule has 0 radical (unpaired) electrons. The summed E-state index contributed by atoms with van der Waals surface area (Å²) in [5.41, 5.74) is 1.53. The SMILES string of the molecule is COc1ccc(S(=O)(=O)N[C@H](C(=O)NCc2cccnc2)C(C)C)cc1C. The largest absolute Gasteiger partial charge is 0.496 e. The fourth-order valence-electron chi connectivity index (χ4n) is 2.55. The van der Waals surface area contributed by atoms with E-state index in [0.29, 0.717) is 11.3 Å². The molecule has 0 fully saturated rings. The number of aryl methyl sites for hydroxylation is 1. The number of benzene rings is 1. The summed E-state index contributed by atoms with van der Waals surface area (Å²) in [7, 11) is -2.33. The molecule has 1 aromatic heterocycles. The molecule has 2 rings (SSSR count). The van der Waals surface area contributed by atoms with Crippen LogP contribution in [0.3, 0.4) is 0 Å². The van der Waals surface area contributed by atoms with Crippen LogP contribution >= 0.6 is 0 Å². The maximum absolute atomic E-state index is 12.7. The first kappa shape index (κ1) is 20.9. The van der Waals surface area contributed by atoms with E-state index in [4.69, 9.17) is 4.74 Å². The average Bonchev–Trinajstić information content (AvgIpc) is 2.64. The van der Waals surface area contributed by atoms with Crippen molar-refractivity contribution < 1.29 is 17.9 Å². The van der Waals surface area contributed by atoms with Crippen LogP contribution in [0, 0.1) is 12.8 Å². The molecule has 1 atom stereocenters. The van der Waals surface area contributed by atoms with Crippen LogP contribution in [0.25, 0.3) is 0 Å². The first-order valence-electron chi connectivity index (χ1n) is 8.58. The number of aromatic nitrogens is 1. The lowest BCUT2D eigenvalue weighted by Gasteiger charge is -2.22. The summed E-state index contributed by atoms with van der Waals surface area (Å²) in [5.74, 6) is -0.0146. The predicted octanol–water partition coefficient (Wildman–Crippen LogP) is 2.02. The van der Waals surface area contributed by atoms with Gasteiger partial charge in [-0.1, -0.05) is 19.9 Å². The van der Waals surface area contributed by atoms with E-state index in [2.05, 4.69) is 15.0 Å². The van der Waals surface area contributed by atoms with E-state index in [1.165, 1.54) is 19.2 Å². The first-order chi connectivity index (χ1) is 12.7. The monoisotopic (exact) mass is 391 g/mol. The molecule has 0 aliphatic carbocycles. The number of nitrogens with zero attached hydrogens (tertiary/aromatic N) is 1. The van der Waals surface area contributed by atoms with Crippen molar-refractivity contribution in [2.75, 3.05) is 7.11 Å². The molecule has 1 aromatic carbocycles. The zero-order valence-corrected chi connectivity index (χ0v) is 16.7. The van der Waals surface area contributed by atoms with Gasteiger partial charge in [-0.3, -0.25) is 9.78 Å². The Bertz CT molecular complexity index is 883. The van der Waals surface area contributed by atoms with E-state index in [9.17, 15) is 13.2 Å². The fourth-order valence-corrected chi connectivity index (χ4v) is 3.98. The Morgan fingerprint density at radius 2 is 2.00 bits per heavy atom. The number of rotatable bonds is 8. The summed E-state index contributed by atoms with van der Waals surface area (Å²) < 4.78 is 33.1. The van der Waals surface area contributed by atoms with E-state index >= 15 is 0 Å². The maximum atomic E-state index is 12.7. The highest BCUT2D eigenvalue weighted by molar-refractivity contribution is 7.89. The van der Waals surface area contributed by atoms with Gasteiger partial charge in [0.25, 0.3) is 0 Å². The summed E-state index contributed by atoms with van der Waals surface area (Å²) in [6.45, 7) is 5.61. The third-order valence-corrected chi connectivity index (χ3v) is 5.54. The zero-order chi connectivity index (χ0) is 20.0. The van der Waals surface area contributed by atoms with Gasteiger partial charge in [-0.15, -0.1) is 0 Å². The molecule has 0 aliphatic rings. The van der Waals surface area contributed by atoms with Gasteiger partial charge in [0.1, 0.15) is 11.8 Å². The molecule has 0 unspecified atom stereocenters. The maximum Gasteiger partial charge on any atom is 0.241 e. The predicted molar refractivity (Wildman–Crippen MR) is 103 cm³/mol. The van der Waals surface area contributed by atoms with Gasteiger partial charge in [0.15, 0.2) is 0 Å². The molecule has 0 spiro atoms. The normalized spacial score (nSPS) is 12.6. The van der Waals surface area contributed by atoms with Gasteiger partial charge >= 0.3 is 0 Å². The van der Waals surface area contributed by atoms with Crippen molar-refractivity contribution in [2.45, 2.75) is 38.3 Å². The minimum Gasteiger partial charge on any atom is -0.496 e. The van der Waals surface area contributed by atoms with Crippen molar-refractivity contribution in [2.24, 2.45) is 5.92 Å².